The topological polar surface area (TPSA) is 33.7 Å². The van der Waals surface area contributed by atoms with Crippen LogP contribution in [0.3, 0.4) is 0 Å². The molecule has 1 heterocycles. The van der Waals surface area contributed by atoms with Crippen molar-refractivity contribution < 1.29 is 9.47 Å². The molecule has 2 rings (SSSR count). The highest BCUT2D eigenvalue weighted by Gasteiger charge is 2.14. The molecule has 0 saturated heterocycles. The summed E-state index contributed by atoms with van der Waals surface area (Å²) < 4.78 is 10.8. The van der Waals surface area contributed by atoms with Crippen molar-refractivity contribution in [2.24, 2.45) is 0 Å². The molecule has 20 heavy (non-hydrogen) atoms. The maximum absolute atomic E-state index is 5.42. The van der Waals surface area contributed by atoms with Crippen LogP contribution >= 0.6 is 0 Å². The van der Waals surface area contributed by atoms with E-state index in [1.54, 1.807) is 0 Å². The lowest BCUT2D eigenvalue weighted by Crippen LogP contribution is -2.31. The van der Waals surface area contributed by atoms with Crippen molar-refractivity contribution >= 4 is 0 Å². The molecule has 0 bridgehead atoms. The molecule has 0 saturated carbocycles. The van der Waals surface area contributed by atoms with Gasteiger partial charge in [0.25, 0.3) is 0 Å². The van der Waals surface area contributed by atoms with Gasteiger partial charge in [0.15, 0.2) is 11.5 Å². The number of nitrogens with zero attached hydrogens (tertiary/aromatic N) is 1. The van der Waals surface area contributed by atoms with Gasteiger partial charge in [0, 0.05) is 6.04 Å². The Balaban J connectivity index is 1.76. The molecule has 1 aliphatic rings. The second-order valence-electron chi connectivity index (χ2n) is 5.51. The summed E-state index contributed by atoms with van der Waals surface area (Å²) in [5.74, 6) is 1.75. The molecule has 1 aromatic carbocycles. The summed E-state index contributed by atoms with van der Waals surface area (Å²) in [6.07, 6.45) is 3.44. The van der Waals surface area contributed by atoms with E-state index in [1.165, 1.54) is 12.0 Å². The Labute approximate surface area is 122 Å². The Bertz CT molecular complexity index is 423. The molecule has 0 fully saturated rings. The van der Waals surface area contributed by atoms with E-state index in [0.717, 1.165) is 37.4 Å². The van der Waals surface area contributed by atoms with Crippen LogP contribution in [0.25, 0.3) is 0 Å². The molecule has 1 aliphatic heterocycles. The predicted octanol–water partition coefficient (Wildman–Crippen LogP) is 2.28. The minimum absolute atomic E-state index is 0.351. The zero-order chi connectivity index (χ0) is 14.4. The third kappa shape index (κ3) is 4.12. The third-order valence-electron chi connectivity index (χ3n) is 3.98. The first-order valence-corrected chi connectivity index (χ1v) is 7.44. The van der Waals surface area contributed by atoms with Crippen LogP contribution < -0.4 is 14.8 Å². The number of hydrogen-bond donors (Lipinski definition) is 1. The van der Waals surface area contributed by atoms with Crippen molar-refractivity contribution in [3.8, 4) is 11.5 Å². The maximum Gasteiger partial charge on any atom is 0.231 e. The van der Waals surface area contributed by atoms with Gasteiger partial charge in [-0.25, -0.2) is 0 Å². The molecule has 0 aliphatic carbocycles. The zero-order valence-electron chi connectivity index (χ0n) is 12.8. The Morgan fingerprint density at radius 3 is 2.90 bits per heavy atom. The van der Waals surface area contributed by atoms with Crippen LogP contribution in [0.5, 0.6) is 11.5 Å². The number of ether oxygens (including phenoxy) is 2. The molecule has 112 valence electrons. The number of benzene rings is 1. The fraction of sp³-hybridized carbons (Fsp3) is 0.625. The van der Waals surface area contributed by atoms with Crippen LogP contribution in [0.4, 0.5) is 0 Å². The summed E-state index contributed by atoms with van der Waals surface area (Å²) in [6, 6.07) is 6.85. The number of aryl methyl sites for hydroxylation is 1. The van der Waals surface area contributed by atoms with Gasteiger partial charge in [-0.2, -0.15) is 0 Å². The second-order valence-corrected chi connectivity index (χ2v) is 5.51. The van der Waals surface area contributed by atoms with Crippen LogP contribution in [0.15, 0.2) is 18.2 Å². The number of nitrogens with one attached hydrogen (secondary N) is 1. The summed E-state index contributed by atoms with van der Waals surface area (Å²) in [5, 5.41) is 3.19. The minimum atomic E-state index is 0.351. The largest absolute Gasteiger partial charge is 0.454 e. The van der Waals surface area contributed by atoms with E-state index < -0.39 is 0 Å². The highest BCUT2D eigenvalue weighted by molar-refractivity contribution is 5.44. The van der Waals surface area contributed by atoms with E-state index in [4.69, 9.17) is 9.47 Å². The average molecular weight is 278 g/mol. The molecule has 0 radical (unpaired) electrons. The summed E-state index contributed by atoms with van der Waals surface area (Å²) in [4.78, 5) is 2.43. The first-order valence-electron chi connectivity index (χ1n) is 7.44. The molecule has 0 spiro atoms. The summed E-state index contributed by atoms with van der Waals surface area (Å²) in [7, 11) is 4.21. The van der Waals surface area contributed by atoms with Gasteiger partial charge in [0.1, 0.15) is 0 Å². The van der Waals surface area contributed by atoms with Gasteiger partial charge in [0.2, 0.25) is 6.79 Å². The van der Waals surface area contributed by atoms with Gasteiger partial charge in [-0.15, -0.1) is 0 Å². The lowest BCUT2D eigenvalue weighted by molar-refractivity contribution is 0.174. The van der Waals surface area contributed by atoms with Crippen molar-refractivity contribution in [3.05, 3.63) is 23.8 Å². The Morgan fingerprint density at radius 2 is 2.10 bits per heavy atom. The fourth-order valence-corrected chi connectivity index (χ4v) is 2.42. The van der Waals surface area contributed by atoms with E-state index in [9.17, 15) is 0 Å². The van der Waals surface area contributed by atoms with Gasteiger partial charge in [0.05, 0.1) is 0 Å². The predicted molar refractivity (Wildman–Crippen MR) is 81.5 cm³/mol. The standard InChI is InChI=1S/C16H26N2O2/c1-13(18(3)10-4-9-17-2)5-6-14-7-8-15-16(11-14)20-12-19-15/h7-8,11,13,17H,4-6,9-10,12H2,1-3H3. The lowest BCUT2D eigenvalue weighted by atomic mass is 10.0. The summed E-state index contributed by atoms with van der Waals surface area (Å²) in [5.41, 5.74) is 1.32. The van der Waals surface area contributed by atoms with E-state index in [-0.39, 0.29) is 0 Å². The Hall–Kier alpha value is -1.26. The van der Waals surface area contributed by atoms with Crippen LogP contribution in [-0.4, -0.2) is 44.9 Å². The molecule has 1 aromatic rings. The zero-order valence-corrected chi connectivity index (χ0v) is 12.8. The molecule has 1 unspecified atom stereocenters. The average Bonchev–Trinajstić information content (AvgIpc) is 2.92. The van der Waals surface area contributed by atoms with Crippen LogP contribution in [-0.2, 0) is 6.42 Å². The van der Waals surface area contributed by atoms with Gasteiger partial charge in [-0.3, -0.25) is 0 Å². The smallest absolute Gasteiger partial charge is 0.231 e. The first-order chi connectivity index (χ1) is 9.70. The molecule has 4 nitrogen and oxygen atoms in total. The van der Waals surface area contributed by atoms with Crippen LogP contribution in [0, 0.1) is 0 Å². The third-order valence-corrected chi connectivity index (χ3v) is 3.98. The summed E-state index contributed by atoms with van der Waals surface area (Å²) >= 11 is 0. The van der Waals surface area contributed by atoms with Gasteiger partial charge >= 0.3 is 0 Å². The highest BCUT2D eigenvalue weighted by Crippen LogP contribution is 2.32. The van der Waals surface area contributed by atoms with Gasteiger partial charge in [-0.05, 0) is 71.1 Å². The van der Waals surface area contributed by atoms with Gasteiger partial charge in [-0.1, -0.05) is 6.07 Å². The van der Waals surface area contributed by atoms with Gasteiger partial charge < -0.3 is 19.7 Å². The maximum atomic E-state index is 5.42. The van der Waals surface area contributed by atoms with Crippen LogP contribution in [0.1, 0.15) is 25.3 Å². The highest BCUT2D eigenvalue weighted by atomic mass is 16.7. The fourth-order valence-electron chi connectivity index (χ4n) is 2.42. The van der Waals surface area contributed by atoms with E-state index in [2.05, 4.69) is 36.3 Å². The molecular formula is C16H26N2O2. The molecule has 1 atom stereocenters. The molecule has 0 amide bonds. The Kier molecular flexibility index (Phi) is 5.68. The number of fused-ring (bicyclic) bond motifs is 1. The SMILES string of the molecule is CNCCCN(C)C(C)CCc1ccc2c(c1)OCO2. The first kappa shape index (κ1) is 15.1. The molecule has 0 aromatic heterocycles. The second kappa shape index (κ2) is 7.50. The van der Waals surface area contributed by atoms with Crippen LogP contribution in [0.2, 0.25) is 0 Å². The molecule has 1 N–H and O–H groups in total. The van der Waals surface area contributed by atoms with Crippen molar-refractivity contribution in [3.63, 3.8) is 0 Å². The van der Waals surface area contributed by atoms with Crippen molar-refractivity contribution in [2.45, 2.75) is 32.2 Å². The van der Waals surface area contributed by atoms with Crippen molar-refractivity contribution in [1.29, 1.82) is 0 Å². The van der Waals surface area contributed by atoms with Crippen molar-refractivity contribution in [1.82, 2.24) is 10.2 Å². The number of hydrogen-bond acceptors (Lipinski definition) is 4. The number of rotatable bonds is 8. The van der Waals surface area contributed by atoms with E-state index in [1.807, 2.05) is 13.1 Å². The molecule has 4 heteroatoms. The van der Waals surface area contributed by atoms with E-state index >= 15 is 0 Å². The Morgan fingerprint density at radius 1 is 1.30 bits per heavy atom. The quantitative estimate of drug-likeness (QED) is 0.740. The lowest BCUT2D eigenvalue weighted by Gasteiger charge is -2.24. The van der Waals surface area contributed by atoms with Crippen molar-refractivity contribution in [2.75, 3.05) is 34.0 Å². The normalized spacial score (nSPS) is 14.8. The minimum Gasteiger partial charge on any atom is -0.454 e. The van der Waals surface area contributed by atoms with E-state index in [0.29, 0.717) is 12.8 Å². The molecular weight excluding hydrogens is 252 g/mol. The monoisotopic (exact) mass is 278 g/mol. The summed E-state index contributed by atoms with van der Waals surface area (Å²) in [6.45, 7) is 4.87.